The maximum atomic E-state index is 12.0. The molecule has 1 saturated carbocycles. The van der Waals surface area contributed by atoms with Crippen LogP contribution in [0.25, 0.3) is 0 Å². The Morgan fingerprint density at radius 1 is 1.09 bits per heavy atom. The number of amides is 2. The topological polar surface area (TPSA) is 58.2 Å². The van der Waals surface area contributed by atoms with Crippen LogP contribution >= 0.6 is 11.6 Å². The van der Waals surface area contributed by atoms with Crippen molar-refractivity contribution in [1.82, 2.24) is 10.6 Å². The van der Waals surface area contributed by atoms with Crippen LogP contribution in [0, 0.1) is 0 Å². The van der Waals surface area contributed by atoms with Gasteiger partial charge in [0.15, 0.2) is 0 Å². The highest BCUT2D eigenvalue weighted by Crippen LogP contribution is 2.17. The monoisotopic (exact) mass is 322 g/mol. The molecule has 0 radical (unpaired) electrons. The predicted molar refractivity (Wildman–Crippen MR) is 88.0 cm³/mol. The number of benzene rings is 1. The van der Waals surface area contributed by atoms with Crippen LogP contribution in [0.3, 0.4) is 0 Å². The lowest BCUT2D eigenvalue weighted by Gasteiger charge is -2.21. The van der Waals surface area contributed by atoms with Crippen molar-refractivity contribution in [1.29, 1.82) is 0 Å². The fraction of sp³-hybridized carbons (Fsp3) is 0.529. The van der Waals surface area contributed by atoms with E-state index in [0.717, 1.165) is 12.8 Å². The summed E-state index contributed by atoms with van der Waals surface area (Å²) in [6.07, 6.45) is 8.20. The van der Waals surface area contributed by atoms with Crippen molar-refractivity contribution in [3.05, 3.63) is 34.9 Å². The van der Waals surface area contributed by atoms with Gasteiger partial charge in [-0.25, -0.2) is 0 Å². The van der Waals surface area contributed by atoms with E-state index in [0.29, 0.717) is 10.6 Å². The molecular weight excluding hydrogens is 300 g/mol. The van der Waals surface area contributed by atoms with Crippen molar-refractivity contribution in [2.24, 2.45) is 0 Å². The van der Waals surface area contributed by atoms with E-state index in [4.69, 9.17) is 11.6 Å². The number of rotatable bonds is 4. The highest BCUT2D eigenvalue weighted by atomic mass is 35.5. The molecule has 2 N–H and O–H groups in total. The van der Waals surface area contributed by atoms with Crippen LogP contribution in [0.4, 0.5) is 0 Å². The number of hydrogen-bond acceptors (Lipinski definition) is 2. The lowest BCUT2D eigenvalue weighted by Crippen LogP contribution is -2.42. The van der Waals surface area contributed by atoms with Crippen molar-refractivity contribution in [3.63, 3.8) is 0 Å². The van der Waals surface area contributed by atoms with Gasteiger partial charge < -0.3 is 10.6 Å². The van der Waals surface area contributed by atoms with Gasteiger partial charge in [-0.15, -0.1) is 0 Å². The quantitative estimate of drug-likeness (QED) is 0.893. The van der Waals surface area contributed by atoms with Crippen LogP contribution in [0.15, 0.2) is 24.3 Å². The maximum Gasteiger partial charge on any atom is 0.251 e. The van der Waals surface area contributed by atoms with Crippen LogP contribution in [-0.2, 0) is 4.79 Å². The Hall–Kier alpha value is -1.55. The molecule has 5 heteroatoms. The molecule has 1 aromatic rings. The highest BCUT2D eigenvalue weighted by molar-refractivity contribution is 6.30. The largest absolute Gasteiger partial charge is 0.352 e. The fourth-order valence-electron chi connectivity index (χ4n) is 2.77. The van der Waals surface area contributed by atoms with Gasteiger partial charge in [0, 0.05) is 16.6 Å². The molecule has 0 atom stereocenters. The van der Waals surface area contributed by atoms with E-state index in [1.807, 2.05) is 0 Å². The van der Waals surface area contributed by atoms with Gasteiger partial charge in [0.1, 0.15) is 0 Å². The first-order valence-electron chi connectivity index (χ1n) is 7.98. The number of carbonyl (C=O) groups excluding carboxylic acids is 2. The molecule has 4 nitrogen and oxygen atoms in total. The van der Waals surface area contributed by atoms with Crippen LogP contribution in [-0.4, -0.2) is 24.4 Å². The third kappa shape index (κ3) is 5.68. The third-order valence-corrected chi connectivity index (χ3v) is 4.20. The molecule has 0 bridgehead atoms. The summed E-state index contributed by atoms with van der Waals surface area (Å²) in [6.45, 7) is 0.00183. The van der Waals surface area contributed by atoms with Crippen molar-refractivity contribution < 1.29 is 9.59 Å². The lowest BCUT2D eigenvalue weighted by atomic mass is 9.97. The number of carbonyl (C=O) groups is 2. The number of halogens is 1. The number of hydrogen-bond donors (Lipinski definition) is 2. The molecular formula is C17H23ClN2O2. The van der Waals surface area contributed by atoms with Crippen molar-refractivity contribution in [3.8, 4) is 0 Å². The smallest absolute Gasteiger partial charge is 0.251 e. The highest BCUT2D eigenvalue weighted by Gasteiger charge is 2.14. The Morgan fingerprint density at radius 2 is 1.77 bits per heavy atom. The predicted octanol–water partition coefficient (Wildman–Crippen LogP) is 3.30. The van der Waals surface area contributed by atoms with Gasteiger partial charge in [-0.1, -0.05) is 49.8 Å². The van der Waals surface area contributed by atoms with E-state index in [1.54, 1.807) is 24.3 Å². The Labute approximate surface area is 136 Å². The van der Waals surface area contributed by atoms with Gasteiger partial charge >= 0.3 is 0 Å². The summed E-state index contributed by atoms with van der Waals surface area (Å²) in [4.78, 5) is 23.9. The molecule has 0 unspecified atom stereocenters. The molecule has 2 rings (SSSR count). The second kappa shape index (κ2) is 8.79. The molecule has 1 aliphatic rings. The summed E-state index contributed by atoms with van der Waals surface area (Å²) in [5.74, 6) is -0.406. The molecule has 1 aliphatic carbocycles. The van der Waals surface area contributed by atoms with Crippen LogP contribution < -0.4 is 10.6 Å². The van der Waals surface area contributed by atoms with E-state index in [1.165, 1.54) is 32.1 Å². The summed E-state index contributed by atoms with van der Waals surface area (Å²) >= 11 is 5.85. The first-order valence-corrected chi connectivity index (χ1v) is 8.36. The summed E-state index contributed by atoms with van der Waals surface area (Å²) < 4.78 is 0. The van der Waals surface area contributed by atoms with Gasteiger partial charge in [0.2, 0.25) is 5.91 Å². The second-order valence-electron chi connectivity index (χ2n) is 5.80. The minimum Gasteiger partial charge on any atom is -0.352 e. The summed E-state index contributed by atoms with van der Waals surface area (Å²) in [5, 5.41) is 6.17. The van der Waals surface area contributed by atoms with Crippen molar-refractivity contribution in [2.75, 3.05) is 6.54 Å². The molecule has 0 aliphatic heterocycles. The van der Waals surface area contributed by atoms with Crippen molar-refractivity contribution >= 4 is 23.4 Å². The van der Waals surface area contributed by atoms with Crippen molar-refractivity contribution in [2.45, 2.75) is 51.0 Å². The maximum absolute atomic E-state index is 12.0. The summed E-state index contributed by atoms with van der Waals surface area (Å²) in [5.41, 5.74) is 0.464. The van der Waals surface area contributed by atoms with Crippen LogP contribution in [0.1, 0.15) is 55.3 Å². The molecule has 1 fully saturated rings. The minimum absolute atomic E-state index is 0.00183. The van der Waals surface area contributed by atoms with Gasteiger partial charge in [-0.3, -0.25) is 9.59 Å². The Bertz CT molecular complexity index is 511. The van der Waals surface area contributed by atoms with Gasteiger partial charge in [-0.2, -0.15) is 0 Å². The Morgan fingerprint density at radius 3 is 2.45 bits per heavy atom. The Kier molecular flexibility index (Phi) is 6.72. The third-order valence-electron chi connectivity index (χ3n) is 3.97. The van der Waals surface area contributed by atoms with E-state index >= 15 is 0 Å². The molecule has 120 valence electrons. The average Bonchev–Trinajstić information content (AvgIpc) is 2.47. The van der Waals surface area contributed by atoms with E-state index < -0.39 is 0 Å². The van der Waals surface area contributed by atoms with E-state index in [9.17, 15) is 9.59 Å². The zero-order valence-corrected chi connectivity index (χ0v) is 13.5. The molecule has 22 heavy (non-hydrogen) atoms. The first kappa shape index (κ1) is 16.8. The molecule has 0 spiro atoms. The lowest BCUT2D eigenvalue weighted by molar-refractivity contribution is -0.120. The zero-order chi connectivity index (χ0) is 15.8. The normalized spacial score (nSPS) is 16.4. The Balaban J connectivity index is 1.75. The van der Waals surface area contributed by atoms with Gasteiger partial charge in [-0.05, 0) is 31.0 Å². The summed E-state index contributed by atoms with van der Waals surface area (Å²) in [7, 11) is 0. The summed E-state index contributed by atoms with van der Waals surface area (Å²) in [6, 6.07) is 6.93. The fourth-order valence-corrected chi connectivity index (χ4v) is 2.96. The van der Waals surface area contributed by atoms with Gasteiger partial charge in [0.05, 0.1) is 6.54 Å². The molecule has 0 aromatic heterocycles. The standard InChI is InChI=1S/C17H23ClN2O2/c18-14-8-6-7-13(11-14)17(22)19-12-16(21)20-15-9-4-2-1-3-5-10-15/h6-8,11,15H,1-5,9-10,12H2,(H,19,22)(H,20,21). The van der Waals surface area contributed by atoms with Crippen LogP contribution in [0.5, 0.6) is 0 Å². The molecule has 0 heterocycles. The SMILES string of the molecule is O=C(CNC(=O)c1cccc(Cl)c1)NC1CCCCCCC1. The van der Waals surface area contributed by atoms with Crippen LogP contribution in [0.2, 0.25) is 5.02 Å². The van der Waals surface area contributed by atoms with E-state index in [2.05, 4.69) is 10.6 Å². The molecule has 1 aromatic carbocycles. The van der Waals surface area contributed by atoms with Gasteiger partial charge in [0.25, 0.3) is 5.91 Å². The molecule has 2 amide bonds. The first-order chi connectivity index (χ1) is 10.6. The molecule has 0 saturated heterocycles. The average molecular weight is 323 g/mol. The minimum atomic E-state index is -0.282. The second-order valence-corrected chi connectivity index (χ2v) is 6.24. The zero-order valence-electron chi connectivity index (χ0n) is 12.7. The van der Waals surface area contributed by atoms with E-state index in [-0.39, 0.29) is 24.4 Å². The number of nitrogens with one attached hydrogen (secondary N) is 2.